The Kier molecular flexibility index (Phi) is 1.39. The minimum atomic E-state index is -0.107. The summed E-state index contributed by atoms with van der Waals surface area (Å²) in [5.74, 6) is 0.773. The molecule has 0 fully saturated rings. The summed E-state index contributed by atoms with van der Waals surface area (Å²) in [6.45, 7) is 5.96. The van der Waals surface area contributed by atoms with E-state index in [0.29, 0.717) is 5.89 Å². The zero-order valence-electron chi connectivity index (χ0n) is 6.38. The van der Waals surface area contributed by atoms with Gasteiger partial charge in [-0.25, -0.2) is 0 Å². The molecule has 4 nitrogen and oxygen atoms in total. The molecule has 10 heavy (non-hydrogen) atoms. The molecule has 1 heterocycles. The van der Waals surface area contributed by atoms with Crippen LogP contribution in [0, 0.1) is 0 Å². The SMILES string of the molecule is CC(C)(C)c1nc(N)no1. The van der Waals surface area contributed by atoms with Crippen LogP contribution in [0.25, 0.3) is 0 Å². The number of aromatic nitrogens is 2. The molecule has 0 saturated carbocycles. The van der Waals surface area contributed by atoms with Crippen LogP contribution < -0.4 is 5.73 Å². The quantitative estimate of drug-likeness (QED) is 0.584. The predicted molar refractivity (Wildman–Crippen MR) is 37.4 cm³/mol. The van der Waals surface area contributed by atoms with Crippen molar-refractivity contribution in [2.45, 2.75) is 26.2 Å². The number of hydrogen-bond donors (Lipinski definition) is 1. The summed E-state index contributed by atoms with van der Waals surface area (Å²) < 4.78 is 4.84. The van der Waals surface area contributed by atoms with Gasteiger partial charge >= 0.3 is 0 Å². The average molecular weight is 141 g/mol. The fourth-order valence-corrected chi connectivity index (χ4v) is 0.539. The van der Waals surface area contributed by atoms with Crippen LogP contribution in [0.15, 0.2) is 4.52 Å². The number of rotatable bonds is 0. The largest absolute Gasteiger partial charge is 0.365 e. The highest BCUT2D eigenvalue weighted by Gasteiger charge is 2.20. The van der Waals surface area contributed by atoms with Crippen molar-refractivity contribution in [3.8, 4) is 0 Å². The van der Waals surface area contributed by atoms with Gasteiger partial charge in [-0.1, -0.05) is 20.8 Å². The third-order valence-corrected chi connectivity index (χ3v) is 1.08. The van der Waals surface area contributed by atoms with Crippen LogP contribution in [0.5, 0.6) is 0 Å². The standard InChI is InChI=1S/C6H11N3O/c1-6(2,3)4-8-5(7)9-10-4/h1-3H3,(H2,7,9). The molecule has 0 bridgehead atoms. The minimum absolute atomic E-state index is 0.107. The first-order valence-electron chi connectivity index (χ1n) is 3.10. The van der Waals surface area contributed by atoms with E-state index in [4.69, 9.17) is 10.3 Å². The van der Waals surface area contributed by atoms with E-state index in [1.54, 1.807) is 0 Å². The molecular weight excluding hydrogens is 130 g/mol. The van der Waals surface area contributed by atoms with E-state index in [1.165, 1.54) is 0 Å². The summed E-state index contributed by atoms with van der Waals surface area (Å²) in [4.78, 5) is 3.88. The average Bonchev–Trinajstić information content (AvgIpc) is 2.11. The molecule has 0 unspecified atom stereocenters. The fourth-order valence-electron chi connectivity index (χ4n) is 0.539. The normalized spacial score (nSPS) is 11.9. The number of nitrogen functional groups attached to an aromatic ring is 1. The van der Waals surface area contributed by atoms with Crippen LogP contribution in [-0.2, 0) is 5.41 Å². The van der Waals surface area contributed by atoms with Gasteiger partial charge in [0.15, 0.2) is 0 Å². The fraction of sp³-hybridized carbons (Fsp3) is 0.667. The van der Waals surface area contributed by atoms with Gasteiger partial charge in [-0.3, -0.25) is 0 Å². The maximum Gasteiger partial charge on any atom is 0.260 e. The molecule has 0 aliphatic heterocycles. The molecule has 1 aromatic rings. The van der Waals surface area contributed by atoms with Gasteiger partial charge in [-0.2, -0.15) is 4.98 Å². The van der Waals surface area contributed by atoms with Gasteiger partial charge in [0, 0.05) is 5.41 Å². The summed E-state index contributed by atoms with van der Waals surface area (Å²) in [5.41, 5.74) is 5.15. The van der Waals surface area contributed by atoms with Crippen LogP contribution in [0.4, 0.5) is 5.95 Å². The van der Waals surface area contributed by atoms with Crippen molar-refractivity contribution >= 4 is 5.95 Å². The Hall–Kier alpha value is -1.06. The van der Waals surface area contributed by atoms with Crippen molar-refractivity contribution in [1.29, 1.82) is 0 Å². The van der Waals surface area contributed by atoms with Crippen LogP contribution in [0.1, 0.15) is 26.7 Å². The van der Waals surface area contributed by atoms with Crippen molar-refractivity contribution in [3.05, 3.63) is 5.89 Å². The van der Waals surface area contributed by atoms with Gasteiger partial charge in [0.2, 0.25) is 5.89 Å². The van der Waals surface area contributed by atoms with Crippen LogP contribution >= 0.6 is 0 Å². The van der Waals surface area contributed by atoms with Crippen molar-refractivity contribution in [1.82, 2.24) is 10.1 Å². The topological polar surface area (TPSA) is 64.9 Å². The molecule has 0 spiro atoms. The predicted octanol–water partition coefficient (Wildman–Crippen LogP) is 0.949. The first kappa shape index (κ1) is 7.05. The Morgan fingerprint density at radius 1 is 1.40 bits per heavy atom. The minimum Gasteiger partial charge on any atom is -0.365 e. The van der Waals surface area contributed by atoms with Crippen LogP contribution in [-0.4, -0.2) is 10.1 Å². The van der Waals surface area contributed by atoms with E-state index in [0.717, 1.165) is 0 Å². The van der Waals surface area contributed by atoms with Gasteiger partial charge in [0.1, 0.15) is 0 Å². The van der Waals surface area contributed by atoms with Crippen LogP contribution in [0.2, 0.25) is 0 Å². The van der Waals surface area contributed by atoms with Gasteiger partial charge in [0.05, 0.1) is 0 Å². The van der Waals surface area contributed by atoms with Crippen molar-refractivity contribution in [2.75, 3.05) is 5.73 Å². The molecule has 0 aromatic carbocycles. The maximum absolute atomic E-state index is 5.26. The van der Waals surface area contributed by atoms with Gasteiger partial charge in [-0.05, 0) is 5.16 Å². The Morgan fingerprint density at radius 3 is 2.20 bits per heavy atom. The second-order valence-corrected chi connectivity index (χ2v) is 3.21. The van der Waals surface area contributed by atoms with E-state index in [2.05, 4.69) is 10.1 Å². The smallest absolute Gasteiger partial charge is 0.260 e. The van der Waals surface area contributed by atoms with Crippen LogP contribution in [0.3, 0.4) is 0 Å². The zero-order valence-corrected chi connectivity index (χ0v) is 6.38. The highest BCUT2D eigenvalue weighted by molar-refractivity contribution is 5.13. The van der Waals surface area contributed by atoms with E-state index >= 15 is 0 Å². The summed E-state index contributed by atoms with van der Waals surface area (Å²) >= 11 is 0. The molecule has 0 radical (unpaired) electrons. The molecule has 4 heteroatoms. The number of nitrogens with two attached hydrogens (primary N) is 1. The highest BCUT2D eigenvalue weighted by atomic mass is 16.5. The molecule has 1 aromatic heterocycles. The Labute approximate surface area is 59.4 Å². The van der Waals surface area contributed by atoms with Crippen molar-refractivity contribution < 1.29 is 4.52 Å². The summed E-state index contributed by atoms with van der Waals surface area (Å²) in [5, 5.41) is 3.47. The number of hydrogen-bond acceptors (Lipinski definition) is 4. The lowest BCUT2D eigenvalue weighted by Crippen LogP contribution is -2.11. The van der Waals surface area contributed by atoms with E-state index in [-0.39, 0.29) is 11.4 Å². The molecule has 0 aliphatic rings. The van der Waals surface area contributed by atoms with Crippen molar-refractivity contribution in [2.24, 2.45) is 0 Å². The van der Waals surface area contributed by atoms with Crippen molar-refractivity contribution in [3.63, 3.8) is 0 Å². The Balaban J connectivity index is 2.96. The molecule has 0 saturated heterocycles. The molecule has 1 rings (SSSR count). The molecule has 2 N–H and O–H groups in total. The first-order valence-corrected chi connectivity index (χ1v) is 3.10. The van der Waals surface area contributed by atoms with E-state index in [1.807, 2.05) is 20.8 Å². The lowest BCUT2D eigenvalue weighted by Gasteiger charge is -2.09. The third kappa shape index (κ3) is 1.26. The number of nitrogens with zero attached hydrogens (tertiary/aromatic N) is 2. The lowest BCUT2D eigenvalue weighted by atomic mass is 9.97. The highest BCUT2D eigenvalue weighted by Crippen LogP contribution is 2.19. The van der Waals surface area contributed by atoms with E-state index < -0.39 is 0 Å². The summed E-state index contributed by atoms with van der Waals surface area (Å²) in [7, 11) is 0. The molecule has 0 atom stereocenters. The van der Waals surface area contributed by atoms with E-state index in [9.17, 15) is 0 Å². The first-order chi connectivity index (χ1) is 4.50. The molecular formula is C6H11N3O. The third-order valence-electron chi connectivity index (χ3n) is 1.08. The summed E-state index contributed by atoms with van der Waals surface area (Å²) in [6.07, 6.45) is 0. The Bertz CT molecular complexity index is 223. The Morgan fingerprint density at radius 2 is 2.00 bits per heavy atom. The summed E-state index contributed by atoms with van der Waals surface area (Å²) in [6, 6.07) is 0. The number of anilines is 1. The maximum atomic E-state index is 5.26. The molecule has 0 aliphatic carbocycles. The molecule has 56 valence electrons. The van der Waals surface area contributed by atoms with Gasteiger partial charge < -0.3 is 10.3 Å². The second kappa shape index (κ2) is 1.97. The van der Waals surface area contributed by atoms with Gasteiger partial charge in [-0.15, -0.1) is 0 Å². The zero-order chi connectivity index (χ0) is 7.78. The lowest BCUT2D eigenvalue weighted by molar-refractivity contribution is 0.321. The van der Waals surface area contributed by atoms with Gasteiger partial charge in [0.25, 0.3) is 5.95 Å². The monoisotopic (exact) mass is 141 g/mol. The second-order valence-electron chi connectivity index (χ2n) is 3.21. The molecule has 0 amide bonds.